The molecule has 0 fully saturated rings. The first-order valence-electron chi connectivity index (χ1n) is 2.14. The van der Waals surface area contributed by atoms with Crippen LogP contribution in [0.3, 0.4) is 0 Å². The van der Waals surface area contributed by atoms with Gasteiger partial charge in [-0.05, 0) is 0 Å². The van der Waals surface area contributed by atoms with Crippen molar-refractivity contribution in [2.45, 2.75) is 0 Å². The Kier molecular flexibility index (Phi) is 1.73. The number of nitrogens with two attached hydrogens (primary N) is 1. The van der Waals surface area contributed by atoms with Gasteiger partial charge in [0, 0.05) is 0 Å². The molecule has 0 spiro atoms. The van der Waals surface area contributed by atoms with Crippen molar-refractivity contribution in [3.63, 3.8) is 0 Å². The van der Waals surface area contributed by atoms with Gasteiger partial charge in [-0.15, -0.1) is 11.3 Å². The van der Waals surface area contributed by atoms with Crippen molar-refractivity contribution < 1.29 is 4.79 Å². The maximum atomic E-state index is 10.5. The minimum atomic E-state index is -0.381. The lowest BCUT2D eigenvalue weighted by Crippen LogP contribution is -1.93. The maximum absolute atomic E-state index is 10.5. The van der Waals surface area contributed by atoms with Crippen LogP contribution in [-0.2, 0) is 0 Å². The predicted octanol–water partition coefficient (Wildman–Crippen LogP) is 0.795. The fraction of sp³-hybridized carbons (Fsp3) is 0. The topological polar surface area (TPSA) is 56.0 Å². The van der Waals surface area contributed by atoms with Crippen LogP contribution in [-0.4, -0.2) is 10.1 Å². The molecule has 0 aromatic carbocycles. The van der Waals surface area contributed by atoms with Gasteiger partial charge >= 0.3 is 0 Å². The van der Waals surface area contributed by atoms with E-state index in [2.05, 4.69) is 17.6 Å². The summed E-state index contributed by atoms with van der Waals surface area (Å²) >= 11 is 4.78. The second-order valence-corrected chi connectivity index (χ2v) is 2.66. The quantitative estimate of drug-likeness (QED) is 0.597. The highest BCUT2D eigenvalue weighted by Crippen LogP contribution is 2.16. The molecular formula is C4H4N2OS2. The third-order valence-corrected chi connectivity index (χ3v) is 1.67. The first kappa shape index (κ1) is 6.57. The van der Waals surface area contributed by atoms with Crippen molar-refractivity contribution >= 4 is 34.1 Å². The molecule has 1 heterocycles. The molecule has 5 heteroatoms. The largest absolute Gasteiger partial charge is 0.389 e. The average molecular weight is 160 g/mol. The van der Waals surface area contributed by atoms with Crippen LogP contribution in [0.4, 0.5) is 5.00 Å². The summed E-state index contributed by atoms with van der Waals surface area (Å²) in [5, 5.41) is 0.0451. The SMILES string of the molecule is Nc1scnc1C(=O)S. The number of rotatable bonds is 1. The molecule has 1 aromatic heterocycles. The number of aromatic nitrogens is 1. The lowest BCUT2D eigenvalue weighted by Gasteiger charge is -1.85. The van der Waals surface area contributed by atoms with Crippen molar-refractivity contribution in [1.29, 1.82) is 0 Å². The summed E-state index contributed by atoms with van der Waals surface area (Å²) in [6, 6.07) is 0. The zero-order chi connectivity index (χ0) is 6.85. The molecule has 2 N–H and O–H groups in total. The number of hydrogen-bond donors (Lipinski definition) is 2. The fourth-order valence-electron chi connectivity index (χ4n) is 0.416. The normalized spacial score (nSPS) is 9.44. The molecule has 0 atom stereocenters. The lowest BCUT2D eigenvalue weighted by atomic mass is 10.5. The van der Waals surface area contributed by atoms with Gasteiger partial charge in [-0.25, -0.2) is 4.98 Å². The molecule has 0 aliphatic carbocycles. The summed E-state index contributed by atoms with van der Waals surface area (Å²) < 4.78 is 0. The summed E-state index contributed by atoms with van der Waals surface area (Å²) in [4.78, 5) is 14.1. The molecule has 0 amide bonds. The molecule has 3 nitrogen and oxygen atoms in total. The molecule has 0 unspecified atom stereocenters. The van der Waals surface area contributed by atoms with Crippen LogP contribution in [0.5, 0.6) is 0 Å². The van der Waals surface area contributed by atoms with Gasteiger partial charge in [-0.3, -0.25) is 4.79 Å². The van der Waals surface area contributed by atoms with E-state index in [1.54, 1.807) is 0 Å². The van der Waals surface area contributed by atoms with Crippen molar-refractivity contribution in [1.82, 2.24) is 4.98 Å². The van der Waals surface area contributed by atoms with Gasteiger partial charge in [0.2, 0.25) is 5.12 Å². The van der Waals surface area contributed by atoms with E-state index in [4.69, 9.17) is 5.73 Å². The molecule has 1 aromatic rings. The van der Waals surface area contributed by atoms with E-state index in [1.807, 2.05) is 0 Å². The van der Waals surface area contributed by atoms with Crippen LogP contribution in [0.2, 0.25) is 0 Å². The maximum Gasteiger partial charge on any atom is 0.237 e. The van der Waals surface area contributed by atoms with Crippen molar-refractivity contribution in [3.8, 4) is 0 Å². The Morgan fingerprint density at radius 1 is 1.89 bits per heavy atom. The van der Waals surface area contributed by atoms with E-state index >= 15 is 0 Å². The van der Waals surface area contributed by atoms with Crippen LogP contribution in [0, 0.1) is 0 Å². The van der Waals surface area contributed by atoms with Crippen LogP contribution in [0.15, 0.2) is 5.51 Å². The Morgan fingerprint density at radius 2 is 2.56 bits per heavy atom. The van der Waals surface area contributed by atoms with Crippen molar-refractivity contribution in [2.24, 2.45) is 0 Å². The number of hydrogen-bond acceptors (Lipinski definition) is 4. The predicted molar refractivity (Wildman–Crippen MR) is 39.8 cm³/mol. The summed E-state index contributed by atoms with van der Waals surface area (Å²) in [5.41, 5.74) is 7.09. The van der Waals surface area contributed by atoms with Crippen LogP contribution >= 0.6 is 24.0 Å². The standard InChI is InChI=1S/C4H4N2OS2/c5-3-2(4(7)8)6-1-9-3/h1H,5H2,(H,7,8). The Bertz CT molecular complexity index is 232. The molecule has 1 rings (SSSR count). The number of carbonyl (C=O) groups excluding carboxylic acids is 1. The lowest BCUT2D eigenvalue weighted by molar-refractivity contribution is 0.108. The minimum Gasteiger partial charge on any atom is -0.389 e. The summed E-state index contributed by atoms with van der Waals surface area (Å²) in [7, 11) is 0. The molecule has 0 saturated heterocycles. The Hall–Kier alpha value is -0.550. The molecule has 0 bridgehead atoms. The van der Waals surface area contributed by atoms with Crippen molar-refractivity contribution in [3.05, 3.63) is 11.2 Å². The highest BCUT2D eigenvalue weighted by Gasteiger charge is 2.06. The summed E-state index contributed by atoms with van der Waals surface area (Å²) in [5.74, 6) is 0. The van der Waals surface area contributed by atoms with Crippen LogP contribution in [0.25, 0.3) is 0 Å². The third kappa shape index (κ3) is 1.22. The molecule has 0 radical (unpaired) electrons. The van der Waals surface area contributed by atoms with Gasteiger partial charge in [-0.1, -0.05) is 12.6 Å². The number of thiazole rings is 1. The highest BCUT2D eigenvalue weighted by molar-refractivity contribution is 7.97. The first-order chi connectivity index (χ1) is 4.22. The van der Waals surface area contributed by atoms with Gasteiger partial charge in [0.1, 0.15) is 5.00 Å². The van der Waals surface area contributed by atoms with Crippen LogP contribution in [0.1, 0.15) is 10.5 Å². The van der Waals surface area contributed by atoms with E-state index in [-0.39, 0.29) is 10.8 Å². The Labute approximate surface area is 61.3 Å². The van der Waals surface area contributed by atoms with Gasteiger partial charge in [0.15, 0.2) is 5.69 Å². The molecule has 0 saturated carbocycles. The molecular weight excluding hydrogens is 156 g/mol. The van der Waals surface area contributed by atoms with E-state index in [1.165, 1.54) is 16.8 Å². The summed E-state index contributed by atoms with van der Waals surface area (Å²) in [6.07, 6.45) is 0. The molecule has 9 heavy (non-hydrogen) atoms. The number of carbonyl (C=O) groups is 1. The third-order valence-electron chi connectivity index (χ3n) is 0.797. The van der Waals surface area contributed by atoms with E-state index in [0.29, 0.717) is 5.00 Å². The van der Waals surface area contributed by atoms with Crippen LogP contribution < -0.4 is 5.73 Å². The second kappa shape index (κ2) is 2.36. The monoisotopic (exact) mass is 160 g/mol. The number of anilines is 1. The van der Waals surface area contributed by atoms with E-state index in [0.717, 1.165) is 0 Å². The molecule has 0 aliphatic heterocycles. The fourth-order valence-corrected chi connectivity index (χ4v) is 1.20. The van der Waals surface area contributed by atoms with Gasteiger partial charge in [0.05, 0.1) is 5.51 Å². The minimum absolute atomic E-state index is 0.253. The van der Waals surface area contributed by atoms with E-state index in [9.17, 15) is 4.79 Å². The van der Waals surface area contributed by atoms with E-state index < -0.39 is 0 Å². The molecule has 48 valence electrons. The van der Waals surface area contributed by atoms with Gasteiger partial charge < -0.3 is 5.73 Å². The Balaban J connectivity index is 3.08. The van der Waals surface area contributed by atoms with Gasteiger partial charge in [0.25, 0.3) is 0 Å². The number of nitrogen functional groups attached to an aromatic ring is 1. The van der Waals surface area contributed by atoms with Gasteiger partial charge in [-0.2, -0.15) is 0 Å². The Morgan fingerprint density at radius 3 is 2.78 bits per heavy atom. The zero-order valence-electron chi connectivity index (χ0n) is 4.37. The summed E-state index contributed by atoms with van der Waals surface area (Å²) in [6.45, 7) is 0. The first-order valence-corrected chi connectivity index (χ1v) is 3.46. The number of nitrogens with zero attached hydrogens (tertiary/aromatic N) is 1. The average Bonchev–Trinajstić information content (AvgIpc) is 2.13. The number of thiol groups is 1. The van der Waals surface area contributed by atoms with Crippen molar-refractivity contribution in [2.75, 3.05) is 5.73 Å². The molecule has 0 aliphatic rings. The second-order valence-electron chi connectivity index (χ2n) is 1.37. The highest BCUT2D eigenvalue weighted by atomic mass is 32.1. The smallest absolute Gasteiger partial charge is 0.237 e. The zero-order valence-corrected chi connectivity index (χ0v) is 6.08.